The number of ether oxygens (including phenoxy) is 9. The van der Waals surface area contributed by atoms with Crippen molar-refractivity contribution in [3.8, 4) is 0 Å². The summed E-state index contributed by atoms with van der Waals surface area (Å²) in [7, 11) is 1.02. The zero-order valence-corrected chi connectivity index (χ0v) is 36.2. The van der Waals surface area contributed by atoms with Gasteiger partial charge in [-0.2, -0.15) is 0 Å². The van der Waals surface area contributed by atoms with Crippen molar-refractivity contribution >= 4 is 41.8 Å². The molecule has 336 valence electrons. The maximum atomic E-state index is 14.7. The van der Waals surface area contributed by atoms with Crippen molar-refractivity contribution in [1.29, 1.82) is 0 Å². The van der Waals surface area contributed by atoms with Gasteiger partial charge in [0, 0.05) is 82.1 Å². The second kappa shape index (κ2) is 13.7. The number of esters is 7. The maximum absolute atomic E-state index is 14.7. The lowest BCUT2D eigenvalue weighted by atomic mass is 9.32. The summed E-state index contributed by atoms with van der Waals surface area (Å²) in [5.74, 6) is -12.2. The standard InChI is InChI=1S/C42H54O19/c1-18(2)38-15-26-36(10,29(55-20(4)44)25-13-14-53-16-25)30(56-21(5)45)31(57-22(6)46)42(51)37(11)28(27(32(49)52-12)54-19(3)43)35(9)17-39(37,50)41(59-24(8)48,33(35)58-23(7)47)34(60-38)40(26,42)61-38/h13-14,16,18,26-31,33-34,50-51H,15,17H2,1-12H3. The lowest BCUT2D eigenvalue weighted by Gasteiger charge is -2.77. The number of hydrogen-bond donors (Lipinski definition) is 2. The molecule has 0 amide bonds. The van der Waals surface area contributed by atoms with Gasteiger partial charge < -0.3 is 57.3 Å². The number of fused-ring (bicyclic) bond motifs is 4. The first-order chi connectivity index (χ1) is 28.2. The zero-order valence-electron chi connectivity index (χ0n) is 36.2. The zero-order chi connectivity index (χ0) is 45.4. The number of hydrogen-bond acceptors (Lipinski definition) is 19. The van der Waals surface area contributed by atoms with Crippen LogP contribution in [0.25, 0.3) is 0 Å². The minimum atomic E-state index is -2.95. The summed E-state index contributed by atoms with van der Waals surface area (Å²) in [6.45, 7) is 14.4. The van der Waals surface area contributed by atoms with Gasteiger partial charge in [0.25, 0.3) is 0 Å². The third-order valence-electron chi connectivity index (χ3n) is 15.1. The maximum Gasteiger partial charge on any atom is 0.347 e. The van der Waals surface area contributed by atoms with Crippen molar-refractivity contribution < 1.29 is 90.8 Å². The fourth-order valence-corrected chi connectivity index (χ4v) is 13.6. The molecule has 61 heavy (non-hydrogen) atoms. The van der Waals surface area contributed by atoms with Gasteiger partial charge >= 0.3 is 41.8 Å². The second-order valence-corrected chi connectivity index (χ2v) is 18.5. The quantitative estimate of drug-likeness (QED) is 0.239. The van der Waals surface area contributed by atoms with Crippen molar-refractivity contribution in [2.24, 2.45) is 34.0 Å². The summed E-state index contributed by atoms with van der Waals surface area (Å²) in [4.78, 5) is 94.5. The summed E-state index contributed by atoms with van der Waals surface area (Å²) < 4.78 is 61.9. The molecule has 16 unspecified atom stereocenters. The molecule has 2 saturated heterocycles. The van der Waals surface area contributed by atoms with Crippen LogP contribution in [0.1, 0.15) is 101 Å². The van der Waals surface area contributed by atoms with Gasteiger partial charge in [-0.1, -0.05) is 34.6 Å². The van der Waals surface area contributed by atoms with E-state index in [1.54, 1.807) is 20.8 Å². The molecule has 1 aromatic rings. The van der Waals surface area contributed by atoms with Crippen LogP contribution in [-0.4, -0.2) is 118 Å². The van der Waals surface area contributed by atoms with Gasteiger partial charge in [-0.15, -0.1) is 0 Å². The fraction of sp³-hybridized carbons (Fsp3) is 0.738. The first-order valence-electron chi connectivity index (χ1n) is 20.2. The summed E-state index contributed by atoms with van der Waals surface area (Å²) >= 11 is 0. The Morgan fingerprint density at radius 2 is 1.39 bits per heavy atom. The third-order valence-corrected chi connectivity index (χ3v) is 15.1. The topological polar surface area (TPSA) is 256 Å². The Hall–Kier alpha value is -4.59. The van der Waals surface area contributed by atoms with E-state index in [1.165, 1.54) is 32.4 Å². The van der Waals surface area contributed by atoms with Gasteiger partial charge in [0.15, 0.2) is 24.1 Å². The molecule has 4 saturated carbocycles. The van der Waals surface area contributed by atoms with Crippen LogP contribution in [-0.2, 0) is 76.2 Å². The SMILES string of the molecule is COC(=O)C(OC(C)=O)C1C2(C)CC3(O)C(OC(C)=O)(C2OC(C)=O)C2OC4(C(C)C)CC5C(C)(C(OC(C)=O)c6ccoc6)C(OC(C)=O)C(OC(C)=O)C(O)(C52O4)C13C. The number of furan rings is 1. The highest BCUT2D eigenvalue weighted by Gasteiger charge is 3.05. The van der Waals surface area contributed by atoms with Crippen molar-refractivity contribution in [1.82, 2.24) is 0 Å². The Bertz CT molecular complexity index is 2070. The average molecular weight is 863 g/mol. The monoisotopic (exact) mass is 862 g/mol. The second-order valence-electron chi connectivity index (χ2n) is 18.5. The van der Waals surface area contributed by atoms with E-state index >= 15 is 0 Å². The van der Waals surface area contributed by atoms with E-state index < -0.39 is 147 Å². The summed E-state index contributed by atoms with van der Waals surface area (Å²) in [6.07, 6.45) is -9.07. The van der Waals surface area contributed by atoms with E-state index in [2.05, 4.69) is 0 Å². The molecule has 19 heteroatoms. The minimum Gasteiger partial charge on any atom is -0.472 e. The molecule has 6 aliphatic rings. The van der Waals surface area contributed by atoms with Crippen LogP contribution in [0.3, 0.4) is 0 Å². The average Bonchev–Trinajstić information content (AvgIpc) is 3.94. The van der Waals surface area contributed by atoms with Gasteiger partial charge in [-0.3, -0.25) is 28.8 Å². The van der Waals surface area contributed by atoms with Crippen LogP contribution >= 0.6 is 0 Å². The lowest BCUT2D eigenvalue weighted by molar-refractivity contribution is -0.443. The minimum absolute atomic E-state index is 0.171. The van der Waals surface area contributed by atoms with Gasteiger partial charge in [0.1, 0.15) is 29.0 Å². The van der Waals surface area contributed by atoms with Gasteiger partial charge in [-0.05, 0) is 12.5 Å². The van der Waals surface area contributed by atoms with Crippen LogP contribution in [0.5, 0.6) is 0 Å². The number of rotatable bonds is 11. The van der Waals surface area contributed by atoms with Gasteiger partial charge in [-0.25, -0.2) is 4.79 Å². The van der Waals surface area contributed by atoms with Crippen LogP contribution in [0, 0.1) is 34.0 Å². The highest BCUT2D eigenvalue weighted by Crippen LogP contribution is 2.88. The smallest absolute Gasteiger partial charge is 0.347 e. The molecule has 1 aromatic heterocycles. The highest BCUT2D eigenvalue weighted by molar-refractivity contribution is 5.80. The molecule has 0 aromatic carbocycles. The van der Waals surface area contributed by atoms with Gasteiger partial charge in [0.2, 0.25) is 11.7 Å². The van der Waals surface area contributed by atoms with E-state index in [1.807, 2.05) is 0 Å². The van der Waals surface area contributed by atoms with E-state index in [0.29, 0.717) is 0 Å². The summed E-state index contributed by atoms with van der Waals surface area (Å²) in [5.41, 5.74) is -16.5. The molecule has 1 spiro atoms. The normalized spacial score (nSPS) is 44.3. The Labute approximate surface area is 351 Å². The molecule has 6 fully saturated rings. The largest absolute Gasteiger partial charge is 0.472 e. The molecule has 4 aliphatic carbocycles. The van der Waals surface area contributed by atoms with E-state index in [9.17, 15) is 43.8 Å². The van der Waals surface area contributed by atoms with E-state index in [4.69, 9.17) is 47.0 Å². The molecule has 3 heterocycles. The van der Waals surface area contributed by atoms with Crippen LogP contribution < -0.4 is 0 Å². The summed E-state index contributed by atoms with van der Waals surface area (Å²) in [6, 6.07) is 1.51. The molecule has 4 bridgehead atoms. The number of aliphatic hydroxyl groups is 2. The van der Waals surface area contributed by atoms with Crippen molar-refractivity contribution in [2.45, 2.75) is 154 Å². The predicted molar refractivity (Wildman–Crippen MR) is 199 cm³/mol. The first-order valence-corrected chi connectivity index (χ1v) is 20.2. The summed E-state index contributed by atoms with van der Waals surface area (Å²) in [5, 5.41) is 28.8. The highest BCUT2D eigenvalue weighted by atomic mass is 16.8. The molecule has 2 N–H and O–H groups in total. The lowest BCUT2D eigenvalue weighted by Crippen LogP contribution is -2.97. The fourth-order valence-electron chi connectivity index (χ4n) is 13.6. The molecular weight excluding hydrogens is 808 g/mol. The van der Waals surface area contributed by atoms with Crippen LogP contribution in [0.4, 0.5) is 0 Å². The third kappa shape index (κ3) is 5.14. The number of carbonyl (C=O) groups excluding carboxylic acids is 7. The predicted octanol–water partition coefficient (Wildman–Crippen LogP) is 2.15. The number of carbonyl (C=O) groups is 7. The molecule has 19 nitrogen and oxygen atoms in total. The molecule has 2 aliphatic heterocycles. The van der Waals surface area contributed by atoms with Crippen molar-refractivity contribution in [3.63, 3.8) is 0 Å². The Kier molecular flexibility index (Phi) is 9.99. The molecule has 16 atom stereocenters. The van der Waals surface area contributed by atoms with Crippen LogP contribution in [0.2, 0.25) is 0 Å². The van der Waals surface area contributed by atoms with E-state index in [-0.39, 0.29) is 12.0 Å². The van der Waals surface area contributed by atoms with Crippen LogP contribution in [0.15, 0.2) is 23.0 Å². The molecular formula is C42H54O19. The molecule has 7 rings (SSSR count). The Morgan fingerprint density at radius 3 is 1.89 bits per heavy atom. The van der Waals surface area contributed by atoms with Gasteiger partial charge in [0.05, 0.1) is 25.1 Å². The van der Waals surface area contributed by atoms with E-state index in [0.717, 1.165) is 48.7 Å². The Morgan fingerprint density at radius 1 is 0.803 bits per heavy atom. The first kappa shape index (κ1) is 44.5. The number of methoxy groups -OCH3 is 1. The Balaban J connectivity index is 1.72. The van der Waals surface area contributed by atoms with Crippen molar-refractivity contribution in [3.05, 3.63) is 24.2 Å². The van der Waals surface area contributed by atoms with Crippen molar-refractivity contribution in [2.75, 3.05) is 7.11 Å². The molecule has 0 radical (unpaired) electrons.